The fourth-order valence-electron chi connectivity index (χ4n) is 2.87. The van der Waals surface area contributed by atoms with Crippen molar-refractivity contribution in [2.24, 2.45) is 0 Å². The Labute approximate surface area is 167 Å². The van der Waals surface area contributed by atoms with E-state index in [1.165, 1.54) is 12.1 Å². The lowest BCUT2D eigenvalue weighted by Gasteiger charge is -2.10. The van der Waals surface area contributed by atoms with Gasteiger partial charge in [0.05, 0.1) is 7.11 Å². The van der Waals surface area contributed by atoms with Crippen LogP contribution in [0.1, 0.15) is 5.56 Å². The monoisotopic (exact) mass is 391 g/mol. The SMILES string of the molecule is COc1cccc(CSc2nnc(-c3ccc(F)cc3)n2-c2ccccc2)c1. The van der Waals surface area contributed by atoms with Gasteiger partial charge in [0.2, 0.25) is 0 Å². The number of para-hydroxylation sites is 1. The van der Waals surface area contributed by atoms with Gasteiger partial charge in [-0.3, -0.25) is 4.57 Å². The number of hydrogen-bond donors (Lipinski definition) is 0. The summed E-state index contributed by atoms with van der Waals surface area (Å²) in [6.45, 7) is 0. The van der Waals surface area contributed by atoms with E-state index in [1.807, 2.05) is 53.1 Å². The predicted molar refractivity (Wildman–Crippen MR) is 109 cm³/mol. The maximum Gasteiger partial charge on any atom is 0.196 e. The number of aromatic nitrogens is 3. The number of ether oxygens (including phenoxy) is 1. The molecule has 0 aliphatic carbocycles. The van der Waals surface area contributed by atoms with Crippen molar-refractivity contribution in [3.05, 3.63) is 90.2 Å². The lowest BCUT2D eigenvalue weighted by atomic mass is 10.2. The number of nitrogens with zero attached hydrogens (tertiary/aromatic N) is 3. The van der Waals surface area contributed by atoms with Gasteiger partial charge in [-0.05, 0) is 54.1 Å². The third-order valence-corrected chi connectivity index (χ3v) is 5.25. The number of hydrogen-bond acceptors (Lipinski definition) is 4. The van der Waals surface area contributed by atoms with E-state index in [1.54, 1.807) is 31.0 Å². The minimum absolute atomic E-state index is 0.276. The highest BCUT2D eigenvalue weighted by Crippen LogP contribution is 2.30. The zero-order chi connectivity index (χ0) is 19.3. The van der Waals surface area contributed by atoms with Crippen molar-refractivity contribution in [1.82, 2.24) is 14.8 Å². The van der Waals surface area contributed by atoms with E-state index in [-0.39, 0.29) is 5.82 Å². The van der Waals surface area contributed by atoms with Crippen molar-refractivity contribution in [1.29, 1.82) is 0 Å². The van der Waals surface area contributed by atoms with E-state index in [0.717, 1.165) is 33.5 Å². The fraction of sp³-hybridized carbons (Fsp3) is 0.0909. The van der Waals surface area contributed by atoms with Crippen molar-refractivity contribution in [3.63, 3.8) is 0 Å². The van der Waals surface area contributed by atoms with Crippen molar-refractivity contribution in [2.75, 3.05) is 7.11 Å². The predicted octanol–water partition coefficient (Wildman–Crippen LogP) is 5.37. The van der Waals surface area contributed by atoms with E-state index >= 15 is 0 Å². The first kappa shape index (κ1) is 18.3. The van der Waals surface area contributed by atoms with Crippen LogP contribution in [0.4, 0.5) is 4.39 Å². The Morgan fingerprint density at radius 1 is 0.929 bits per heavy atom. The maximum atomic E-state index is 13.3. The number of thioether (sulfide) groups is 1. The van der Waals surface area contributed by atoms with Crippen LogP contribution in [-0.2, 0) is 5.75 Å². The van der Waals surface area contributed by atoms with Crippen LogP contribution in [0.2, 0.25) is 0 Å². The van der Waals surface area contributed by atoms with E-state index in [0.29, 0.717) is 5.82 Å². The van der Waals surface area contributed by atoms with Crippen LogP contribution in [0.15, 0.2) is 84.0 Å². The summed E-state index contributed by atoms with van der Waals surface area (Å²) in [5.74, 6) is 1.96. The van der Waals surface area contributed by atoms with Crippen LogP contribution in [-0.4, -0.2) is 21.9 Å². The molecule has 0 saturated heterocycles. The van der Waals surface area contributed by atoms with Crippen molar-refractivity contribution < 1.29 is 9.13 Å². The largest absolute Gasteiger partial charge is 0.497 e. The highest BCUT2D eigenvalue weighted by Gasteiger charge is 2.16. The average Bonchev–Trinajstić information content (AvgIpc) is 3.17. The highest BCUT2D eigenvalue weighted by molar-refractivity contribution is 7.98. The summed E-state index contributed by atoms with van der Waals surface area (Å²) in [6, 6.07) is 24.2. The topological polar surface area (TPSA) is 39.9 Å². The molecule has 3 aromatic carbocycles. The lowest BCUT2D eigenvalue weighted by Crippen LogP contribution is -1.99. The molecule has 0 saturated carbocycles. The molecule has 0 atom stereocenters. The van der Waals surface area contributed by atoms with Gasteiger partial charge in [0.25, 0.3) is 0 Å². The normalized spacial score (nSPS) is 10.8. The molecule has 1 aromatic heterocycles. The molecule has 0 bridgehead atoms. The molecule has 0 radical (unpaired) electrons. The molecule has 4 nitrogen and oxygen atoms in total. The standard InChI is InChI=1S/C22H18FN3OS/c1-27-20-9-5-6-16(14-20)15-28-22-25-24-21(17-10-12-18(23)13-11-17)26(22)19-7-3-2-4-8-19/h2-14H,15H2,1H3. The number of rotatable bonds is 6. The maximum absolute atomic E-state index is 13.3. The second-order valence-electron chi connectivity index (χ2n) is 6.12. The quantitative estimate of drug-likeness (QED) is 0.414. The molecule has 140 valence electrons. The zero-order valence-corrected chi connectivity index (χ0v) is 16.1. The Morgan fingerprint density at radius 3 is 2.46 bits per heavy atom. The molecule has 0 amide bonds. The van der Waals surface area contributed by atoms with Gasteiger partial charge in [-0.25, -0.2) is 4.39 Å². The third-order valence-electron chi connectivity index (χ3n) is 4.25. The zero-order valence-electron chi connectivity index (χ0n) is 15.2. The number of methoxy groups -OCH3 is 1. The van der Waals surface area contributed by atoms with Crippen LogP contribution in [0.3, 0.4) is 0 Å². The van der Waals surface area contributed by atoms with E-state index < -0.39 is 0 Å². The first-order valence-corrected chi connectivity index (χ1v) is 9.75. The summed E-state index contributed by atoms with van der Waals surface area (Å²) in [5, 5.41) is 9.55. The number of halogens is 1. The highest BCUT2D eigenvalue weighted by atomic mass is 32.2. The molecule has 4 aromatic rings. The molecule has 4 rings (SSSR count). The Kier molecular flexibility index (Phi) is 5.39. The van der Waals surface area contributed by atoms with Gasteiger partial charge in [0.15, 0.2) is 11.0 Å². The van der Waals surface area contributed by atoms with Gasteiger partial charge < -0.3 is 4.74 Å². The first-order valence-electron chi connectivity index (χ1n) is 8.77. The van der Waals surface area contributed by atoms with Crippen LogP contribution >= 0.6 is 11.8 Å². The van der Waals surface area contributed by atoms with Crippen molar-refractivity contribution >= 4 is 11.8 Å². The summed E-state index contributed by atoms with van der Waals surface area (Å²) >= 11 is 1.59. The first-order chi connectivity index (χ1) is 13.7. The van der Waals surface area contributed by atoms with Crippen LogP contribution in [0.5, 0.6) is 5.75 Å². The van der Waals surface area contributed by atoms with Gasteiger partial charge in [0, 0.05) is 17.0 Å². The van der Waals surface area contributed by atoms with Gasteiger partial charge in [-0.15, -0.1) is 10.2 Å². The van der Waals surface area contributed by atoms with Crippen LogP contribution < -0.4 is 4.74 Å². The molecule has 0 aliphatic heterocycles. The molecular formula is C22H18FN3OS. The minimum atomic E-state index is -0.276. The smallest absolute Gasteiger partial charge is 0.196 e. The molecular weight excluding hydrogens is 373 g/mol. The van der Waals surface area contributed by atoms with Gasteiger partial charge in [-0.2, -0.15) is 0 Å². The second-order valence-corrected chi connectivity index (χ2v) is 7.07. The Bertz CT molecular complexity index is 1060. The van der Waals surface area contributed by atoms with Gasteiger partial charge in [-0.1, -0.05) is 42.1 Å². The molecule has 0 unspecified atom stereocenters. The van der Waals surface area contributed by atoms with Crippen LogP contribution in [0, 0.1) is 5.82 Å². The number of benzene rings is 3. The van der Waals surface area contributed by atoms with Crippen molar-refractivity contribution in [3.8, 4) is 22.8 Å². The van der Waals surface area contributed by atoms with E-state index in [4.69, 9.17) is 4.74 Å². The van der Waals surface area contributed by atoms with E-state index in [2.05, 4.69) is 16.3 Å². The molecule has 0 N–H and O–H groups in total. The molecule has 0 spiro atoms. The third kappa shape index (κ3) is 3.92. The fourth-order valence-corrected chi connectivity index (χ4v) is 3.76. The van der Waals surface area contributed by atoms with Crippen LogP contribution in [0.25, 0.3) is 17.1 Å². The second kappa shape index (κ2) is 8.27. The molecule has 28 heavy (non-hydrogen) atoms. The Balaban J connectivity index is 1.70. The van der Waals surface area contributed by atoms with Gasteiger partial charge >= 0.3 is 0 Å². The summed E-state index contributed by atoms with van der Waals surface area (Å²) < 4.78 is 20.6. The average molecular weight is 391 g/mol. The Hall–Kier alpha value is -3.12. The molecule has 6 heteroatoms. The molecule has 0 fully saturated rings. The summed E-state index contributed by atoms with van der Waals surface area (Å²) in [7, 11) is 1.66. The Morgan fingerprint density at radius 2 is 1.71 bits per heavy atom. The van der Waals surface area contributed by atoms with E-state index in [9.17, 15) is 4.39 Å². The summed E-state index contributed by atoms with van der Waals surface area (Å²) in [5.41, 5.74) is 2.90. The van der Waals surface area contributed by atoms with Gasteiger partial charge in [0.1, 0.15) is 11.6 Å². The molecule has 1 heterocycles. The molecule has 0 aliphatic rings. The lowest BCUT2D eigenvalue weighted by molar-refractivity contribution is 0.414. The van der Waals surface area contributed by atoms with Crippen molar-refractivity contribution in [2.45, 2.75) is 10.9 Å². The minimum Gasteiger partial charge on any atom is -0.497 e. The summed E-state index contributed by atoms with van der Waals surface area (Å²) in [6.07, 6.45) is 0. The summed E-state index contributed by atoms with van der Waals surface area (Å²) in [4.78, 5) is 0.